The van der Waals surface area contributed by atoms with E-state index in [1.54, 1.807) is 18.2 Å². The molecule has 0 bridgehead atoms. The Kier molecular flexibility index (Phi) is 3.47. The fourth-order valence-corrected chi connectivity index (χ4v) is 2.18. The summed E-state index contributed by atoms with van der Waals surface area (Å²) in [6.45, 7) is 1.87. The van der Waals surface area contributed by atoms with Crippen LogP contribution in [-0.2, 0) is 0 Å². The van der Waals surface area contributed by atoms with Crippen LogP contribution in [0.5, 0.6) is 5.75 Å². The second-order valence-electron chi connectivity index (χ2n) is 3.67. The maximum atomic E-state index is 12.0. The third kappa shape index (κ3) is 2.43. The monoisotopic (exact) mass is 263 g/mol. The number of benzene rings is 1. The number of nitrogens with two attached hydrogens (primary N) is 1. The van der Waals surface area contributed by atoms with Crippen molar-refractivity contribution in [1.82, 2.24) is 4.98 Å². The number of rotatable bonds is 3. The molecule has 1 amide bonds. The Bertz CT molecular complexity index is 580. The van der Waals surface area contributed by atoms with Crippen LogP contribution in [0, 0.1) is 6.92 Å². The zero-order chi connectivity index (χ0) is 13.1. The molecule has 5 nitrogen and oxygen atoms in total. The largest absolute Gasteiger partial charge is 0.495 e. The van der Waals surface area contributed by atoms with Crippen LogP contribution in [0.2, 0.25) is 0 Å². The number of ether oxygens (including phenoxy) is 1. The number of anilines is 2. The summed E-state index contributed by atoms with van der Waals surface area (Å²) in [4.78, 5) is 16.2. The molecule has 0 radical (unpaired) electrons. The first-order chi connectivity index (χ1) is 8.61. The molecule has 2 rings (SSSR count). The first-order valence-electron chi connectivity index (χ1n) is 5.27. The highest BCUT2D eigenvalue weighted by Gasteiger charge is 2.14. The molecule has 1 heterocycles. The second-order valence-corrected chi connectivity index (χ2v) is 4.53. The Morgan fingerprint density at radius 1 is 1.50 bits per heavy atom. The summed E-state index contributed by atoms with van der Waals surface area (Å²) in [7, 11) is 1.51. The zero-order valence-corrected chi connectivity index (χ0v) is 10.9. The Morgan fingerprint density at radius 2 is 2.28 bits per heavy atom. The van der Waals surface area contributed by atoms with E-state index in [2.05, 4.69) is 10.3 Å². The number of para-hydroxylation sites is 1. The van der Waals surface area contributed by atoms with Crippen LogP contribution in [0.15, 0.2) is 23.6 Å². The molecule has 1 aromatic heterocycles. The number of methoxy groups -OCH3 is 1. The third-order valence-corrected chi connectivity index (χ3v) is 3.25. The van der Waals surface area contributed by atoms with E-state index in [4.69, 9.17) is 10.5 Å². The van der Waals surface area contributed by atoms with Gasteiger partial charge in [-0.15, -0.1) is 11.3 Å². The predicted octanol–water partition coefficient (Wildman–Crippen LogP) is 2.29. The van der Waals surface area contributed by atoms with Gasteiger partial charge in [0.1, 0.15) is 5.75 Å². The van der Waals surface area contributed by atoms with Crippen molar-refractivity contribution in [3.63, 3.8) is 0 Å². The molecule has 6 heteroatoms. The van der Waals surface area contributed by atoms with Gasteiger partial charge < -0.3 is 10.5 Å². The van der Waals surface area contributed by atoms with Gasteiger partial charge >= 0.3 is 0 Å². The number of nitrogen functional groups attached to an aromatic ring is 1. The number of carbonyl (C=O) groups excluding carboxylic acids is 1. The predicted molar refractivity (Wildman–Crippen MR) is 72.2 cm³/mol. The lowest BCUT2D eigenvalue weighted by molar-refractivity contribution is 0.102. The molecule has 0 saturated heterocycles. The number of aryl methyl sites for hydroxylation is 1. The van der Waals surface area contributed by atoms with Gasteiger partial charge in [-0.05, 0) is 19.1 Å². The fourth-order valence-electron chi connectivity index (χ4n) is 1.50. The molecule has 0 atom stereocenters. The molecule has 0 saturated carbocycles. The first kappa shape index (κ1) is 12.4. The molecule has 94 valence electrons. The van der Waals surface area contributed by atoms with Crippen molar-refractivity contribution in [2.24, 2.45) is 0 Å². The lowest BCUT2D eigenvalue weighted by atomic mass is 10.1. The van der Waals surface area contributed by atoms with E-state index < -0.39 is 0 Å². The summed E-state index contributed by atoms with van der Waals surface area (Å²) in [5, 5.41) is 5.13. The Morgan fingerprint density at radius 3 is 2.89 bits per heavy atom. The highest BCUT2D eigenvalue weighted by atomic mass is 32.1. The lowest BCUT2D eigenvalue weighted by Gasteiger charge is -2.09. The van der Waals surface area contributed by atoms with Crippen molar-refractivity contribution in [2.75, 3.05) is 18.2 Å². The van der Waals surface area contributed by atoms with Gasteiger partial charge in [-0.1, -0.05) is 6.07 Å². The molecule has 0 aliphatic carbocycles. The van der Waals surface area contributed by atoms with Crippen molar-refractivity contribution in [2.45, 2.75) is 6.92 Å². The summed E-state index contributed by atoms with van der Waals surface area (Å²) in [5.74, 6) is 0.193. The number of nitrogens with one attached hydrogen (secondary N) is 1. The van der Waals surface area contributed by atoms with Crippen molar-refractivity contribution in [3.8, 4) is 5.75 Å². The van der Waals surface area contributed by atoms with E-state index in [1.807, 2.05) is 12.3 Å². The van der Waals surface area contributed by atoms with Crippen LogP contribution in [0.4, 0.5) is 10.8 Å². The van der Waals surface area contributed by atoms with Crippen LogP contribution >= 0.6 is 11.3 Å². The molecule has 0 aliphatic heterocycles. The number of hydrogen-bond acceptors (Lipinski definition) is 5. The Balaban J connectivity index is 2.24. The summed E-state index contributed by atoms with van der Waals surface area (Å²) < 4.78 is 5.07. The molecule has 0 fully saturated rings. The van der Waals surface area contributed by atoms with E-state index in [0.717, 1.165) is 5.69 Å². The molecule has 2 aromatic rings. The quantitative estimate of drug-likeness (QED) is 0.833. The van der Waals surface area contributed by atoms with E-state index in [-0.39, 0.29) is 5.91 Å². The van der Waals surface area contributed by atoms with E-state index in [1.165, 1.54) is 18.4 Å². The molecule has 1 aromatic carbocycles. The van der Waals surface area contributed by atoms with Crippen molar-refractivity contribution >= 4 is 28.1 Å². The maximum Gasteiger partial charge on any atom is 0.259 e. The summed E-state index contributed by atoms with van der Waals surface area (Å²) >= 11 is 1.37. The third-order valence-electron chi connectivity index (χ3n) is 2.37. The lowest BCUT2D eigenvalue weighted by Crippen LogP contribution is -2.14. The second kappa shape index (κ2) is 5.05. The summed E-state index contributed by atoms with van der Waals surface area (Å²) in [6.07, 6.45) is 0. The topological polar surface area (TPSA) is 77.2 Å². The normalized spacial score (nSPS) is 10.1. The van der Waals surface area contributed by atoms with Gasteiger partial charge in [0.25, 0.3) is 5.91 Å². The highest BCUT2D eigenvalue weighted by molar-refractivity contribution is 7.13. The molecular weight excluding hydrogens is 250 g/mol. The van der Waals surface area contributed by atoms with Gasteiger partial charge in [-0.25, -0.2) is 4.98 Å². The summed E-state index contributed by atoms with van der Waals surface area (Å²) in [6, 6.07) is 5.07. The molecule has 0 aliphatic rings. The van der Waals surface area contributed by atoms with E-state index >= 15 is 0 Å². The molecule has 0 unspecified atom stereocenters. The minimum absolute atomic E-state index is 0.291. The smallest absolute Gasteiger partial charge is 0.259 e. The van der Waals surface area contributed by atoms with Crippen LogP contribution in [-0.4, -0.2) is 18.0 Å². The van der Waals surface area contributed by atoms with Gasteiger partial charge in [-0.3, -0.25) is 10.1 Å². The van der Waals surface area contributed by atoms with Gasteiger partial charge in [-0.2, -0.15) is 0 Å². The molecule has 18 heavy (non-hydrogen) atoms. The Hall–Kier alpha value is -2.08. The SMILES string of the molecule is COc1cccc(C(=O)Nc2nc(C)cs2)c1N. The van der Waals surface area contributed by atoms with Crippen molar-refractivity contribution in [1.29, 1.82) is 0 Å². The van der Waals surface area contributed by atoms with E-state index in [0.29, 0.717) is 22.1 Å². The zero-order valence-electron chi connectivity index (χ0n) is 10.1. The number of thiazole rings is 1. The minimum atomic E-state index is -0.291. The number of hydrogen-bond donors (Lipinski definition) is 2. The van der Waals surface area contributed by atoms with Crippen molar-refractivity contribution < 1.29 is 9.53 Å². The number of amides is 1. The number of nitrogens with zero attached hydrogens (tertiary/aromatic N) is 1. The van der Waals surface area contributed by atoms with Gasteiger partial charge in [0.15, 0.2) is 5.13 Å². The molecule has 0 spiro atoms. The average molecular weight is 263 g/mol. The average Bonchev–Trinajstić information content (AvgIpc) is 2.75. The molecule has 3 N–H and O–H groups in total. The minimum Gasteiger partial charge on any atom is -0.495 e. The van der Waals surface area contributed by atoms with Crippen LogP contribution < -0.4 is 15.8 Å². The van der Waals surface area contributed by atoms with Gasteiger partial charge in [0.2, 0.25) is 0 Å². The van der Waals surface area contributed by atoms with E-state index in [9.17, 15) is 4.79 Å². The van der Waals surface area contributed by atoms with Crippen molar-refractivity contribution in [3.05, 3.63) is 34.8 Å². The van der Waals surface area contributed by atoms with Crippen LogP contribution in [0.25, 0.3) is 0 Å². The van der Waals surface area contributed by atoms with Gasteiger partial charge in [0, 0.05) is 5.38 Å². The number of carbonyl (C=O) groups is 1. The van der Waals surface area contributed by atoms with Crippen LogP contribution in [0.3, 0.4) is 0 Å². The Labute approximate surface area is 109 Å². The van der Waals surface area contributed by atoms with Crippen LogP contribution in [0.1, 0.15) is 16.1 Å². The fraction of sp³-hybridized carbons (Fsp3) is 0.167. The maximum absolute atomic E-state index is 12.0. The first-order valence-corrected chi connectivity index (χ1v) is 6.15. The molecular formula is C12H13N3O2S. The van der Waals surface area contributed by atoms with Gasteiger partial charge in [0.05, 0.1) is 24.1 Å². The number of aromatic nitrogens is 1. The summed E-state index contributed by atoms with van der Waals surface area (Å²) in [5.41, 5.74) is 7.42. The highest BCUT2D eigenvalue weighted by Crippen LogP contribution is 2.25. The standard InChI is InChI=1S/C12H13N3O2S/c1-7-6-18-12(14-7)15-11(16)8-4-3-5-9(17-2)10(8)13/h3-6H,13H2,1-2H3,(H,14,15,16).